The number of nitrogens with one attached hydrogen (secondary N) is 1. The van der Waals surface area contributed by atoms with E-state index in [2.05, 4.69) is 46.5 Å². The second-order valence-electron chi connectivity index (χ2n) is 6.87. The summed E-state index contributed by atoms with van der Waals surface area (Å²) < 4.78 is 0. The fraction of sp³-hybridized carbons (Fsp3) is 0.261. The van der Waals surface area contributed by atoms with E-state index in [1.54, 1.807) is 0 Å². The van der Waals surface area contributed by atoms with Crippen molar-refractivity contribution in [1.82, 2.24) is 15.3 Å². The quantitative estimate of drug-likeness (QED) is 0.716. The Balaban J connectivity index is 1.76. The third kappa shape index (κ3) is 5.00. The van der Waals surface area contributed by atoms with Gasteiger partial charge in [-0.1, -0.05) is 54.6 Å². The van der Waals surface area contributed by atoms with Gasteiger partial charge in [0.25, 0.3) is 0 Å². The van der Waals surface area contributed by atoms with Crippen LogP contribution in [0, 0.1) is 20.8 Å². The van der Waals surface area contributed by atoms with E-state index in [4.69, 9.17) is 0 Å². The lowest BCUT2D eigenvalue weighted by molar-refractivity contribution is -0.121. The Morgan fingerprint density at radius 3 is 2.22 bits per heavy atom. The van der Waals surface area contributed by atoms with Gasteiger partial charge in [-0.3, -0.25) is 4.79 Å². The number of rotatable bonds is 6. The van der Waals surface area contributed by atoms with E-state index in [1.807, 2.05) is 50.2 Å². The van der Waals surface area contributed by atoms with E-state index >= 15 is 0 Å². The molecule has 0 aliphatic rings. The minimum atomic E-state index is -0.00475. The van der Waals surface area contributed by atoms with Crippen molar-refractivity contribution in [2.75, 3.05) is 0 Å². The molecule has 1 atom stereocenters. The molecule has 3 rings (SSSR count). The predicted octanol–water partition coefficient (Wildman–Crippen LogP) is 4.24. The number of benzene rings is 2. The van der Waals surface area contributed by atoms with Gasteiger partial charge in [-0.15, -0.1) is 0 Å². The van der Waals surface area contributed by atoms with Crippen LogP contribution in [0.2, 0.25) is 0 Å². The Morgan fingerprint density at radius 1 is 0.926 bits per heavy atom. The number of hydrogen-bond donors (Lipinski definition) is 1. The van der Waals surface area contributed by atoms with E-state index < -0.39 is 0 Å². The first-order valence-corrected chi connectivity index (χ1v) is 9.21. The van der Waals surface area contributed by atoms with E-state index in [1.165, 1.54) is 11.1 Å². The highest BCUT2D eigenvalue weighted by molar-refractivity contribution is 5.77. The van der Waals surface area contributed by atoms with Crippen molar-refractivity contribution in [3.05, 3.63) is 94.6 Å². The van der Waals surface area contributed by atoms with Gasteiger partial charge in [0.1, 0.15) is 5.82 Å². The molecule has 4 heteroatoms. The molecule has 27 heavy (non-hydrogen) atoms. The Morgan fingerprint density at radius 2 is 1.56 bits per heavy atom. The summed E-state index contributed by atoms with van der Waals surface area (Å²) in [5.41, 5.74) is 5.34. The molecule has 1 aromatic heterocycles. The normalized spacial score (nSPS) is 11.8. The fourth-order valence-corrected chi connectivity index (χ4v) is 3.38. The number of aromatic nitrogens is 2. The molecule has 0 aliphatic carbocycles. The van der Waals surface area contributed by atoms with Gasteiger partial charge >= 0.3 is 0 Å². The van der Waals surface area contributed by atoms with Crippen LogP contribution in [0.1, 0.15) is 46.2 Å². The molecule has 138 valence electrons. The van der Waals surface area contributed by atoms with Crippen molar-refractivity contribution >= 4 is 5.91 Å². The van der Waals surface area contributed by atoms with E-state index in [-0.39, 0.29) is 11.8 Å². The maximum absolute atomic E-state index is 12.7. The monoisotopic (exact) mass is 359 g/mol. The standard InChI is InChI=1S/C23H25N3O/c1-16-9-7-8-12-20(16)21(19-10-5-4-6-11-19)14-23(27)24-15-22-25-17(2)13-18(3)26-22/h4-13,21H,14-15H2,1-3H3,(H,24,27)/t21-/m0/s1. The first-order valence-electron chi connectivity index (χ1n) is 9.21. The second-order valence-corrected chi connectivity index (χ2v) is 6.87. The van der Waals surface area contributed by atoms with Gasteiger partial charge in [0.05, 0.1) is 6.54 Å². The molecule has 0 radical (unpaired) electrons. The van der Waals surface area contributed by atoms with Crippen molar-refractivity contribution in [3.63, 3.8) is 0 Å². The predicted molar refractivity (Wildman–Crippen MR) is 107 cm³/mol. The number of hydrogen-bond acceptors (Lipinski definition) is 3. The summed E-state index contributed by atoms with van der Waals surface area (Å²) in [7, 11) is 0. The molecular formula is C23H25N3O. The Kier molecular flexibility index (Phi) is 5.97. The number of carbonyl (C=O) groups is 1. The highest BCUT2D eigenvalue weighted by Gasteiger charge is 2.19. The maximum atomic E-state index is 12.7. The zero-order valence-corrected chi connectivity index (χ0v) is 16.1. The van der Waals surface area contributed by atoms with Crippen LogP contribution in [-0.4, -0.2) is 15.9 Å². The average Bonchev–Trinajstić information content (AvgIpc) is 2.65. The van der Waals surface area contributed by atoms with Crippen molar-refractivity contribution in [1.29, 1.82) is 0 Å². The fourth-order valence-electron chi connectivity index (χ4n) is 3.38. The number of amides is 1. The molecule has 0 bridgehead atoms. The van der Waals surface area contributed by atoms with Gasteiger partial charge in [-0.2, -0.15) is 0 Å². The first kappa shape index (κ1) is 18.8. The SMILES string of the molecule is Cc1cc(C)nc(CNC(=O)C[C@@H](c2ccccc2)c2ccccc2C)n1. The molecule has 1 heterocycles. The highest BCUT2D eigenvalue weighted by Crippen LogP contribution is 2.30. The Bertz CT molecular complexity index is 902. The summed E-state index contributed by atoms with van der Waals surface area (Å²) >= 11 is 0. The molecule has 1 N–H and O–H groups in total. The smallest absolute Gasteiger partial charge is 0.221 e. The first-order chi connectivity index (χ1) is 13.0. The summed E-state index contributed by atoms with van der Waals surface area (Å²) in [6, 6.07) is 20.4. The minimum Gasteiger partial charge on any atom is -0.349 e. The van der Waals surface area contributed by atoms with Crippen molar-refractivity contribution in [3.8, 4) is 0 Å². The van der Waals surface area contributed by atoms with Crippen molar-refractivity contribution in [2.24, 2.45) is 0 Å². The molecule has 0 aliphatic heterocycles. The topological polar surface area (TPSA) is 54.9 Å². The van der Waals surface area contributed by atoms with Crippen LogP contribution < -0.4 is 5.32 Å². The van der Waals surface area contributed by atoms with Crippen LogP contribution in [0.25, 0.3) is 0 Å². The average molecular weight is 359 g/mol. The van der Waals surface area contributed by atoms with Crippen LogP contribution in [0.3, 0.4) is 0 Å². The highest BCUT2D eigenvalue weighted by atomic mass is 16.1. The molecule has 0 saturated carbocycles. The van der Waals surface area contributed by atoms with Crippen molar-refractivity contribution < 1.29 is 4.79 Å². The number of aryl methyl sites for hydroxylation is 3. The molecule has 1 amide bonds. The van der Waals surface area contributed by atoms with E-state index in [0.29, 0.717) is 18.8 Å². The van der Waals surface area contributed by atoms with Gasteiger partial charge in [-0.25, -0.2) is 9.97 Å². The molecule has 0 saturated heterocycles. The summed E-state index contributed by atoms with van der Waals surface area (Å²) in [6.07, 6.45) is 0.389. The number of nitrogens with zero attached hydrogens (tertiary/aromatic N) is 2. The minimum absolute atomic E-state index is 0.00475. The Hall–Kier alpha value is -3.01. The summed E-state index contributed by atoms with van der Waals surface area (Å²) in [5.74, 6) is 0.662. The largest absolute Gasteiger partial charge is 0.349 e. The zero-order valence-electron chi connectivity index (χ0n) is 16.1. The van der Waals surface area contributed by atoms with Crippen LogP contribution >= 0.6 is 0 Å². The van der Waals surface area contributed by atoms with E-state index in [0.717, 1.165) is 17.0 Å². The maximum Gasteiger partial charge on any atom is 0.221 e. The van der Waals surface area contributed by atoms with Gasteiger partial charge in [0.15, 0.2) is 0 Å². The van der Waals surface area contributed by atoms with Crippen LogP contribution in [-0.2, 0) is 11.3 Å². The molecule has 4 nitrogen and oxygen atoms in total. The Labute approximate surface area is 160 Å². The second kappa shape index (κ2) is 8.58. The summed E-state index contributed by atoms with van der Waals surface area (Å²) in [5, 5.41) is 2.98. The van der Waals surface area contributed by atoms with Gasteiger partial charge in [-0.05, 0) is 43.5 Å². The third-order valence-corrected chi connectivity index (χ3v) is 4.63. The van der Waals surface area contributed by atoms with Crippen molar-refractivity contribution in [2.45, 2.75) is 39.7 Å². The van der Waals surface area contributed by atoms with Crippen LogP contribution in [0.4, 0.5) is 0 Å². The number of carbonyl (C=O) groups excluding carboxylic acids is 1. The summed E-state index contributed by atoms with van der Waals surface area (Å²) in [6.45, 7) is 6.30. The molecule has 0 fully saturated rings. The molecule has 2 aromatic carbocycles. The van der Waals surface area contributed by atoms with Gasteiger partial charge < -0.3 is 5.32 Å². The molecule has 0 spiro atoms. The molecule has 0 unspecified atom stereocenters. The van der Waals surface area contributed by atoms with Crippen LogP contribution in [0.15, 0.2) is 60.7 Å². The lowest BCUT2D eigenvalue weighted by Crippen LogP contribution is -2.26. The van der Waals surface area contributed by atoms with Gasteiger partial charge in [0.2, 0.25) is 5.91 Å². The van der Waals surface area contributed by atoms with Crippen LogP contribution in [0.5, 0.6) is 0 Å². The lowest BCUT2D eigenvalue weighted by Gasteiger charge is -2.20. The third-order valence-electron chi connectivity index (χ3n) is 4.63. The van der Waals surface area contributed by atoms with Gasteiger partial charge in [0, 0.05) is 23.7 Å². The lowest BCUT2D eigenvalue weighted by atomic mass is 9.86. The summed E-state index contributed by atoms with van der Waals surface area (Å²) in [4.78, 5) is 21.5. The molecular weight excluding hydrogens is 334 g/mol. The molecule has 3 aromatic rings. The zero-order chi connectivity index (χ0) is 19.2. The van der Waals surface area contributed by atoms with E-state index in [9.17, 15) is 4.79 Å².